The summed E-state index contributed by atoms with van der Waals surface area (Å²) in [5.74, 6) is 1.63. The molecule has 2 N–H and O–H groups in total. The molecule has 0 unspecified atom stereocenters. The highest BCUT2D eigenvalue weighted by atomic mass is 35.5. The molecular formula is C18H17ClN4O3. The molecule has 0 spiro atoms. The topological polar surface area (TPSA) is 89.3 Å². The molecule has 7 nitrogen and oxygen atoms in total. The standard InChI is InChI=1S/C18H17ClN4O3/c1-25-15-4-2-3-12(11-15)17-22-16(26-23-17)9-10-20-18(24)21-14-7-5-13(19)6-8-14/h2-8,11H,9-10H2,1H3,(H2,20,21,24). The van der Waals surface area contributed by atoms with E-state index in [4.69, 9.17) is 20.9 Å². The smallest absolute Gasteiger partial charge is 0.319 e. The lowest BCUT2D eigenvalue weighted by molar-refractivity contribution is 0.252. The Bertz CT molecular complexity index is 880. The van der Waals surface area contributed by atoms with Crippen LogP contribution in [0, 0.1) is 0 Å². The molecule has 1 heterocycles. The van der Waals surface area contributed by atoms with Crippen LogP contribution in [0.15, 0.2) is 53.1 Å². The molecule has 0 aliphatic rings. The Morgan fingerprint density at radius 2 is 2.04 bits per heavy atom. The van der Waals surface area contributed by atoms with Crippen molar-refractivity contribution in [3.8, 4) is 17.1 Å². The first-order chi connectivity index (χ1) is 12.6. The third-order valence-electron chi connectivity index (χ3n) is 3.52. The van der Waals surface area contributed by atoms with Gasteiger partial charge in [0.25, 0.3) is 0 Å². The molecule has 0 radical (unpaired) electrons. The van der Waals surface area contributed by atoms with Crippen molar-refractivity contribution in [3.05, 3.63) is 59.4 Å². The normalized spacial score (nSPS) is 10.4. The first-order valence-corrected chi connectivity index (χ1v) is 8.29. The minimum absolute atomic E-state index is 0.320. The van der Waals surface area contributed by atoms with Gasteiger partial charge in [0.05, 0.1) is 7.11 Å². The van der Waals surface area contributed by atoms with Crippen LogP contribution in [-0.4, -0.2) is 29.8 Å². The van der Waals surface area contributed by atoms with Gasteiger partial charge in [-0.1, -0.05) is 28.9 Å². The van der Waals surface area contributed by atoms with Gasteiger partial charge < -0.3 is 19.9 Å². The second-order valence-corrected chi connectivity index (χ2v) is 5.82. The van der Waals surface area contributed by atoms with Crippen molar-refractivity contribution in [2.24, 2.45) is 0 Å². The first kappa shape index (κ1) is 17.8. The fraction of sp³-hybridized carbons (Fsp3) is 0.167. The van der Waals surface area contributed by atoms with Gasteiger partial charge in [-0.05, 0) is 36.4 Å². The number of carbonyl (C=O) groups excluding carboxylic acids is 1. The molecule has 2 aromatic carbocycles. The summed E-state index contributed by atoms with van der Waals surface area (Å²) in [4.78, 5) is 16.2. The number of nitrogens with zero attached hydrogens (tertiary/aromatic N) is 2. The highest BCUT2D eigenvalue weighted by Crippen LogP contribution is 2.21. The Kier molecular flexibility index (Phi) is 5.70. The molecule has 0 fully saturated rings. The van der Waals surface area contributed by atoms with Crippen molar-refractivity contribution in [1.82, 2.24) is 15.5 Å². The number of nitrogens with one attached hydrogen (secondary N) is 2. The summed E-state index contributed by atoms with van der Waals surface area (Å²) in [6.07, 6.45) is 0.422. The van der Waals surface area contributed by atoms with Crippen molar-refractivity contribution in [2.45, 2.75) is 6.42 Å². The third kappa shape index (κ3) is 4.73. The summed E-state index contributed by atoms with van der Waals surface area (Å²) in [7, 11) is 1.60. The number of ether oxygens (including phenoxy) is 1. The molecule has 2 amide bonds. The van der Waals surface area contributed by atoms with Crippen LogP contribution in [0.5, 0.6) is 5.75 Å². The molecule has 0 atom stereocenters. The molecule has 0 aliphatic heterocycles. The fourth-order valence-corrected chi connectivity index (χ4v) is 2.35. The van der Waals surface area contributed by atoms with E-state index in [2.05, 4.69) is 20.8 Å². The zero-order valence-electron chi connectivity index (χ0n) is 14.0. The van der Waals surface area contributed by atoms with Gasteiger partial charge in [0.2, 0.25) is 11.7 Å². The quantitative estimate of drug-likeness (QED) is 0.687. The summed E-state index contributed by atoms with van der Waals surface area (Å²) >= 11 is 5.80. The van der Waals surface area contributed by atoms with E-state index in [1.807, 2.05) is 24.3 Å². The van der Waals surface area contributed by atoms with Crippen molar-refractivity contribution in [3.63, 3.8) is 0 Å². The first-order valence-electron chi connectivity index (χ1n) is 7.91. The minimum Gasteiger partial charge on any atom is -0.497 e. The summed E-state index contributed by atoms with van der Waals surface area (Å²) in [5, 5.41) is 10.0. The zero-order valence-corrected chi connectivity index (χ0v) is 14.8. The van der Waals surface area contributed by atoms with Crippen LogP contribution in [0.4, 0.5) is 10.5 Å². The minimum atomic E-state index is -0.320. The average molecular weight is 373 g/mol. The van der Waals surface area contributed by atoms with E-state index >= 15 is 0 Å². The van der Waals surface area contributed by atoms with Crippen LogP contribution in [0.3, 0.4) is 0 Å². The second kappa shape index (κ2) is 8.35. The van der Waals surface area contributed by atoms with Crippen LogP contribution in [0.1, 0.15) is 5.89 Å². The van der Waals surface area contributed by atoms with Crippen molar-refractivity contribution in [1.29, 1.82) is 0 Å². The maximum atomic E-state index is 11.8. The van der Waals surface area contributed by atoms with Gasteiger partial charge in [0, 0.05) is 29.2 Å². The number of methoxy groups -OCH3 is 1. The number of rotatable bonds is 6. The summed E-state index contributed by atoms with van der Waals surface area (Å²) in [5.41, 5.74) is 1.46. The van der Waals surface area contributed by atoms with Crippen LogP contribution in [0.25, 0.3) is 11.4 Å². The molecule has 0 saturated heterocycles. The number of amides is 2. The summed E-state index contributed by atoms with van der Waals surface area (Å²) in [6, 6.07) is 13.9. The van der Waals surface area contributed by atoms with Crippen LogP contribution in [0.2, 0.25) is 5.02 Å². The number of anilines is 1. The third-order valence-corrected chi connectivity index (χ3v) is 3.77. The Morgan fingerprint density at radius 1 is 1.23 bits per heavy atom. The van der Waals surface area contributed by atoms with E-state index in [0.717, 1.165) is 11.3 Å². The SMILES string of the molecule is COc1cccc(-c2noc(CCNC(=O)Nc3ccc(Cl)cc3)n2)c1. The van der Waals surface area contributed by atoms with Gasteiger partial charge in [-0.15, -0.1) is 0 Å². The van der Waals surface area contributed by atoms with Gasteiger partial charge in [-0.25, -0.2) is 4.79 Å². The van der Waals surface area contributed by atoms with E-state index in [-0.39, 0.29) is 6.03 Å². The lowest BCUT2D eigenvalue weighted by atomic mass is 10.2. The molecule has 134 valence electrons. The molecule has 8 heteroatoms. The van der Waals surface area contributed by atoms with E-state index in [9.17, 15) is 4.79 Å². The molecule has 3 aromatic rings. The van der Waals surface area contributed by atoms with Crippen LogP contribution < -0.4 is 15.4 Å². The molecule has 0 saturated carbocycles. The van der Waals surface area contributed by atoms with E-state index < -0.39 is 0 Å². The average Bonchev–Trinajstić information content (AvgIpc) is 3.13. The van der Waals surface area contributed by atoms with Gasteiger partial charge >= 0.3 is 6.03 Å². The number of benzene rings is 2. The number of aromatic nitrogens is 2. The second-order valence-electron chi connectivity index (χ2n) is 5.38. The van der Waals surface area contributed by atoms with Crippen LogP contribution >= 0.6 is 11.6 Å². The highest BCUT2D eigenvalue weighted by molar-refractivity contribution is 6.30. The monoisotopic (exact) mass is 372 g/mol. The zero-order chi connectivity index (χ0) is 18.4. The van der Waals surface area contributed by atoms with E-state index in [1.54, 1.807) is 31.4 Å². The van der Waals surface area contributed by atoms with Crippen molar-refractivity contribution < 1.29 is 14.1 Å². The predicted octanol–water partition coefficient (Wildman–Crippen LogP) is 3.76. The lowest BCUT2D eigenvalue weighted by Gasteiger charge is -2.06. The van der Waals surface area contributed by atoms with Crippen LogP contribution in [-0.2, 0) is 6.42 Å². The molecular weight excluding hydrogens is 356 g/mol. The molecule has 0 aliphatic carbocycles. The van der Waals surface area contributed by atoms with E-state index in [1.165, 1.54) is 0 Å². The number of hydrogen-bond donors (Lipinski definition) is 2. The Hall–Kier alpha value is -3.06. The number of urea groups is 1. The van der Waals surface area contributed by atoms with E-state index in [0.29, 0.717) is 35.4 Å². The molecule has 26 heavy (non-hydrogen) atoms. The number of halogens is 1. The van der Waals surface area contributed by atoms with Crippen molar-refractivity contribution >= 4 is 23.3 Å². The Labute approximate surface area is 155 Å². The number of hydrogen-bond acceptors (Lipinski definition) is 5. The molecule has 1 aromatic heterocycles. The predicted molar refractivity (Wildman–Crippen MR) is 98.5 cm³/mol. The largest absolute Gasteiger partial charge is 0.497 e. The summed E-state index contributed by atoms with van der Waals surface area (Å²) in [6.45, 7) is 0.360. The molecule has 0 bridgehead atoms. The fourth-order valence-electron chi connectivity index (χ4n) is 2.23. The van der Waals surface area contributed by atoms with Gasteiger partial charge in [0.1, 0.15) is 5.75 Å². The van der Waals surface area contributed by atoms with Crippen molar-refractivity contribution in [2.75, 3.05) is 19.0 Å². The van der Waals surface area contributed by atoms with Gasteiger partial charge in [-0.2, -0.15) is 4.98 Å². The Balaban J connectivity index is 1.50. The van der Waals surface area contributed by atoms with Gasteiger partial charge in [-0.3, -0.25) is 0 Å². The molecule has 3 rings (SSSR count). The maximum absolute atomic E-state index is 11.8. The lowest BCUT2D eigenvalue weighted by Crippen LogP contribution is -2.30. The highest BCUT2D eigenvalue weighted by Gasteiger charge is 2.10. The van der Waals surface area contributed by atoms with Gasteiger partial charge in [0.15, 0.2) is 0 Å². The maximum Gasteiger partial charge on any atom is 0.319 e. The number of carbonyl (C=O) groups is 1. The Morgan fingerprint density at radius 3 is 2.81 bits per heavy atom. The summed E-state index contributed by atoms with van der Waals surface area (Å²) < 4.78 is 10.4.